The zero-order valence-corrected chi connectivity index (χ0v) is 7.23. The van der Waals surface area contributed by atoms with Crippen LogP contribution in [0.15, 0.2) is 23.5 Å². The van der Waals surface area contributed by atoms with Gasteiger partial charge in [-0.3, -0.25) is 14.9 Å². The minimum absolute atomic E-state index is 0.311. The van der Waals surface area contributed by atoms with Crippen LogP contribution in [0.5, 0.6) is 0 Å². The molecule has 1 saturated heterocycles. The Morgan fingerprint density at radius 1 is 1.57 bits per heavy atom. The van der Waals surface area contributed by atoms with Crippen molar-refractivity contribution >= 4 is 11.8 Å². The number of hydrogen-bond acceptors (Lipinski definition) is 4. The van der Waals surface area contributed by atoms with Crippen molar-refractivity contribution in [2.75, 3.05) is 0 Å². The van der Waals surface area contributed by atoms with E-state index in [9.17, 15) is 9.59 Å². The Kier molecular flexibility index (Phi) is 1.89. The Bertz CT molecular complexity index is 369. The standard InChI is InChI=1S/C9H9NO4/c11-7-2-4-1-6(9(13)14)10-5(4)3-8(7)12/h2-3,5-6,10,12H,1H2,(H,13,14). The topological polar surface area (TPSA) is 86.6 Å². The van der Waals surface area contributed by atoms with E-state index in [4.69, 9.17) is 10.2 Å². The molecule has 0 spiro atoms. The van der Waals surface area contributed by atoms with Gasteiger partial charge in [0.1, 0.15) is 6.04 Å². The average molecular weight is 195 g/mol. The number of fused-ring (bicyclic) bond motifs is 1. The van der Waals surface area contributed by atoms with Crippen LogP contribution in [-0.2, 0) is 9.59 Å². The van der Waals surface area contributed by atoms with Crippen LogP contribution >= 0.6 is 0 Å². The number of carboxylic acid groups (broad SMARTS) is 1. The van der Waals surface area contributed by atoms with Crippen LogP contribution in [-0.4, -0.2) is 34.0 Å². The molecule has 3 N–H and O–H groups in total. The fourth-order valence-electron chi connectivity index (χ4n) is 1.69. The summed E-state index contributed by atoms with van der Waals surface area (Å²) in [4.78, 5) is 21.7. The molecule has 74 valence electrons. The molecule has 0 aromatic carbocycles. The van der Waals surface area contributed by atoms with E-state index >= 15 is 0 Å². The number of carbonyl (C=O) groups excluding carboxylic acids is 1. The lowest BCUT2D eigenvalue weighted by atomic mass is 9.99. The minimum atomic E-state index is -0.944. The predicted octanol–water partition coefficient (Wildman–Crippen LogP) is -0.248. The Morgan fingerprint density at radius 2 is 2.29 bits per heavy atom. The number of carboxylic acids is 1. The third-order valence-corrected chi connectivity index (χ3v) is 2.41. The molecule has 0 radical (unpaired) electrons. The van der Waals surface area contributed by atoms with Crippen LogP contribution in [0.25, 0.3) is 0 Å². The normalized spacial score (nSPS) is 30.7. The molecule has 2 rings (SSSR count). The number of nitrogens with one attached hydrogen (secondary N) is 1. The smallest absolute Gasteiger partial charge is 0.321 e. The fraction of sp³-hybridized carbons (Fsp3) is 0.333. The summed E-state index contributed by atoms with van der Waals surface area (Å²) in [6.07, 6.45) is 2.96. The Balaban J connectivity index is 2.24. The third-order valence-electron chi connectivity index (χ3n) is 2.41. The Hall–Kier alpha value is -1.62. The highest BCUT2D eigenvalue weighted by atomic mass is 16.4. The molecule has 0 saturated carbocycles. The van der Waals surface area contributed by atoms with Crippen LogP contribution in [0, 0.1) is 0 Å². The van der Waals surface area contributed by atoms with E-state index in [1.54, 1.807) is 0 Å². The van der Waals surface area contributed by atoms with E-state index in [1.807, 2.05) is 0 Å². The van der Waals surface area contributed by atoms with E-state index in [1.165, 1.54) is 12.2 Å². The second kappa shape index (κ2) is 2.95. The van der Waals surface area contributed by atoms with Gasteiger partial charge in [-0.25, -0.2) is 0 Å². The van der Waals surface area contributed by atoms with Gasteiger partial charge >= 0.3 is 5.97 Å². The zero-order chi connectivity index (χ0) is 10.3. The Labute approximate surface area is 79.7 Å². The van der Waals surface area contributed by atoms with Crippen molar-refractivity contribution in [1.29, 1.82) is 0 Å². The number of aliphatic carboxylic acids is 1. The van der Waals surface area contributed by atoms with Crippen LogP contribution in [0.2, 0.25) is 0 Å². The lowest BCUT2D eigenvalue weighted by Gasteiger charge is -2.12. The summed E-state index contributed by atoms with van der Waals surface area (Å²) in [7, 11) is 0. The first-order valence-corrected chi connectivity index (χ1v) is 4.22. The highest BCUT2D eigenvalue weighted by molar-refractivity contribution is 6.04. The number of hydrogen-bond donors (Lipinski definition) is 3. The van der Waals surface area contributed by atoms with Gasteiger partial charge in [-0.1, -0.05) is 0 Å². The van der Waals surface area contributed by atoms with Crippen molar-refractivity contribution in [2.45, 2.75) is 18.5 Å². The molecule has 0 bridgehead atoms. The van der Waals surface area contributed by atoms with Crippen LogP contribution in [0.3, 0.4) is 0 Å². The fourth-order valence-corrected chi connectivity index (χ4v) is 1.69. The lowest BCUT2D eigenvalue weighted by Crippen LogP contribution is -2.35. The molecule has 2 unspecified atom stereocenters. The number of aliphatic hydroxyl groups excluding tert-OH is 1. The highest BCUT2D eigenvalue weighted by Crippen LogP contribution is 2.25. The molecule has 1 heterocycles. The molecule has 1 fully saturated rings. The summed E-state index contributed by atoms with van der Waals surface area (Å²) in [5.74, 6) is -1.72. The lowest BCUT2D eigenvalue weighted by molar-refractivity contribution is -0.139. The predicted molar refractivity (Wildman–Crippen MR) is 46.8 cm³/mol. The van der Waals surface area contributed by atoms with Crippen molar-refractivity contribution < 1.29 is 19.8 Å². The van der Waals surface area contributed by atoms with E-state index < -0.39 is 17.8 Å². The Morgan fingerprint density at radius 3 is 2.93 bits per heavy atom. The molecule has 5 nitrogen and oxygen atoms in total. The van der Waals surface area contributed by atoms with Gasteiger partial charge in [0.05, 0.1) is 6.04 Å². The summed E-state index contributed by atoms with van der Waals surface area (Å²) in [6.45, 7) is 0. The molecular weight excluding hydrogens is 186 g/mol. The molecule has 1 aliphatic carbocycles. The van der Waals surface area contributed by atoms with Gasteiger partial charge in [-0.05, 0) is 24.1 Å². The van der Waals surface area contributed by atoms with Gasteiger partial charge in [-0.15, -0.1) is 0 Å². The van der Waals surface area contributed by atoms with E-state index in [2.05, 4.69) is 5.32 Å². The average Bonchev–Trinajstić information content (AvgIpc) is 2.48. The van der Waals surface area contributed by atoms with E-state index in [-0.39, 0.29) is 11.8 Å². The molecule has 1 aliphatic heterocycles. The van der Waals surface area contributed by atoms with Gasteiger partial charge in [0.15, 0.2) is 5.76 Å². The zero-order valence-electron chi connectivity index (χ0n) is 7.23. The summed E-state index contributed by atoms with van der Waals surface area (Å²) >= 11 is 0. The highest BCUT2D eigenvalue weighted by Gasteiger charge is 2.34. The summed E-state index contributed by atoms with van der Waals surface area (Å²) < 4.78 is 0. The molecule has 0 aromatic rings. The van der Waals surface area contributed by atoms with Gasteiger partial charge in [0.25, 0.3) is 0 Å². The summed E-state index contributed by atoms with van der Waals surface area (Å²) in [5.41, 5.74) is 0.722. The first-order valence-electron chi connectivity index (χ1n) is 4.22. The second-order valence-electron chi connectivity index (χ2n) is 3.37. The molecule has 0 aromatic heterocycles. The maximum absolute atomic E-state index is 11.0. The minimum Gasteiger partial charge on any atom is -0.504 e. The van der Waals surface area contributed by atoms with Crippen molar-refractivity contribution in [3.8, 4) is 0 Å². The first kappa shape index (κ1) is 8.96. The maximum Gasteiger partial charge on any atom is 0.321 e. The van der Waals surface area contributed by atoms with Crippen molar-refractivity contribution in [1.82, 2.24) is 5.32 Å². The second-order valence-corrected chi connectivity index (χ2v) is 3.37. The van der Waals surface area contributed by atoms with Crippen LogP contribution in [0.1, 0.15) is 6.42 Å². The monoisotopic (exact) mass is 195 g/mol. The SMILES string of the molecule is O=C1C=C2CC(C(=O)O)NC2C=C1O. The van der Waals surface area contributed by atoms with E-state index in [0.717, 1.165) is 5.57 Å². The quantitative estimate of drug-likeness (QED) is 0.537. The van der Waals surface area contributed by atoms with Gasteiger partial charge < -0.3 is 10.2 Å². The van der Waals surface area contributed by atoms with Crippen molar-refractivity contribution in [3.63, 3.8) is 0 Å². The van der Waals surface area contributed by atoms with Gasteiger partial charge in [0.2, 0.25) is 5.78 Å². The number of ketones is 1. The molecule has 14 heavy (non-hydrogen) atoms. The largest absolute Gasteiger partial charge is 0.504 e. The summed E-state index contributed by atoms with van der Waals surface area (Å²) in [6, 6.07) is -0.977. The third kappa shape index (κ3) is 1.31. The number of allylic oxidation sites excluding steroid dienone is 1. The van der Waals surface area contributed by atoms with Gasteiger partial charge in [-0.2, -0.15) is 0 Å². The maximum atomic E-state index is 11.0. The molecule has 2 atom stereocenters. The van der Waals surface area contributed by atoms with Crippen molar-refractivity contribution in [3.05, 3.63) is 23.5 Å². The molecular formula is C9H9NO4. The first-order chi connectivity index (χ1) is 6.58. The van der Waals surface area contributed by atoms with Gasteiger partial charge in [0, 0.05) is 0 Å². The van der Waals surface area contributed by atoms with E-state index in [0.29, 0.717) is 6.42 Å². The number of rotatable bonds is 1. The summed E-state index contributed by atoms with van der Waals surface area (Å²) in [5, 5.41) is 20.7. The molecule has 5 heteroatoms. The molecule has 0 amide bonds. The number of carbonyl (C=O) groups is 2. The molecule has 2 aliphatic rings. The van der Waals surface area contributed by atoms with Crippen molar-refractivity contribution in [2.24, 2.45) is 0 Å². The van der Waals surface area contributed by atoms with Crippen LogP contribution < -0.4 is 5.32 Å². The van der Waals surface area contributed by atoms with Crippen LogP contribution in [0.4, 0.5) is 0 Å². The number of aliphatic hydroxyl groups is 1.